The zero-order valence-electron chi connectivity index (χ0n) is 11.6. The third kappa shape index (κ3) is 3.58. The summed E-state index contributed by atoms with van der Waals surface area (Å²) in [6.07, 6.45) is 0.914. The number of aryl methyl sites for hydroxylation is 2. The average Bonchev–Trinajstić information content (AvgIpc) is 2.40. The molecule has 0 aliphatic rings. The van der Waals surface area contributed by atoms with Crippen LogP contribution in [0, 0.1) is 13.8 Å². The molecular weight excluding hydrogens is 234 g/mol. The fraction of sp³-hybridized carbons (Fsp3) is 0.294. The Labute approximate surface area is 115 Å². The average molecular weight is 255 g/mol. The molecule has 2 aromatic carbocycles. The quantitative estimate of drug-likeness (QED) is 0.889. The van der Waals surface area contributed by atoms with Gasteiger partial charge in [0.15, 0.2) is 0 Å². The van der Waals surface area contributed by atoms with E-state index in [0.717, 1.165) is 12.2 Å². The number of hydrogen-bond acceptors (Lipinski definition) is 2. The van der Waals surface area contributed by atoms with Crippen LogP contribution in [0.5, 0.6) is 5.75 Å². The summed E-state index contributed by atoms with van der Waals surface area (Å²) in [4.78, 5) is 0. The lowest BCUT2D eigenvalue weighted by molar-refractivity contribution is 0.304. The van der Waals surface area contributed by atoms with Crippen molar-refractivity contribution in [1.29, 1.82) is 0 Å². The van der Waals surface area contributed by atoms with E-state index in [0.29, 0.717) is 13.2 Å². The van der Waals surface area contributed by atoms with Crippen LogP contribution in [0.3, 0.4) is 0 Å². The van der Waals surface area contributed by atoms with Gasteiger partial charge in [0.05, 0.1) is 0 Å². The summed E-state index contributed by atoms with van der Waals surface area (Å²) in [5.41, 5.74) is 10.6. The summed E-state index contributed by atoms with van der Waals surface area (Å²) in [5.74, 6) is 0.906. The summed E-state index contributed by atoms with van der Waals surface area (Å²) in [7, 11) is 0. The molecule has 0 saturated heterocycles. The minimum atomic E-state index is 0.620. The van der Waals surface area contributed by atoms with Gasteiger partial charge in [0.1, 0.15) is 12.4 Å². The molecule has 0 unspecified atom stereocenters. The van der Waals surface area contributed by atoms with E-state index in [2.05, 4.69) is 44.2 Å². The number of rotatable bonds is 5. The molecule has 0 fully saturated rings. The maximum atomic E-state index is 5.86. The second-order valence-electron chi connectivity index (χ2n) is 4.84. The Morgan fingerprint density at radius 1 is 0.947 bits per heavy atom. The highest BCUT2D eigenvalue weighted by Gasteiger charge is 2.03. The van der Waals surface area contributed by atoms with Gasteiger partial charge in [-0.2, -0.15) is 0 Å². The molecule has 0 bridgehead atoms. The molecule has 0 spiro atoms. The van der Waals surface area contributed by atoms with Crippen molar-refractivity contribution in [2.75, 3.05) is 6.54 Å². The molecule has 0 atom stereocenters. The number of hydrogen-bond donors (Lipinski definition) is 1. The Morgan fingerprint density at radius 2 is 1.58 bits per heavy atom. The molecule has 0 heterocycles. The van der Waals surface area contributed by atoms with E-state index in [1.54, 1.807) is 0 Å². The summed E-state index contributed by atoms with van der Waals surface area (Å²) in [5, 5.41) is 0. The lowest BCUT2D eigenvalue weighted by atomic mass is 10.0. The molecule has 100 valence electrons. The van der Waals surface area contributed by atoms with Crippen LogP contribution in [0.2, 0.25) is 0 Å². The smallest absolute Gasteiger partial charge is 0.119 e. The van der Waals surface area contributed by atoms with Crippen LogP contribution in [0.1, 0.15) is 22.3 Å². The topological polar surface area (TPSA) is 35.2 Å². The lowest BCUT2D eigenvalue weighted by Gasteiger charge is -2.11. The zero-order chi connectivity index (χ0) is 13.7. The molecule has 2 nitrogen and oxygen atoms in total. The Morgan fingerprint density at radius 3 is 2.16 bits per heavy atom. The Balaban J connectivity index is 2.02. The number of ether oxygens (including phenoxy) is 1. The van der Waals surface area contributed by atoms with Gasteiger partial charge in [0.25, 0.3) is 0 Å². The minimum Gasteiger partial charge on any atom is -0.489 e. The molecule has 2 aromatic rings. The summed E-state index contributed by atoms with van der Waals surface area (Å²) in [6, 6.07) is 14.5. The molecule has 2 N–H and O–H groups in total. The molecule has 19 heavy (non-hydrogen) atoms. The van der Waals surface area contributed by atoms with Gasteiger partial charge in [0.2, 0.25) is 0 Å². The van der Waals surface area contributed by atoms with E-state index in [4.69, 9.17) is 10.5 Å². The largest absolute Gasteiger partial charge is 0.489 e. The maximum absolute atomic E-state index is 5.86. The number of benzene rings is 2. The molecule has 2 rings (SSSR count). The standard InChI is InChI=1S/C17H21NO/c1-13-4-3-5-14(2)17(13)12-19-16-8-6-15(7-9-16)10-11-18/h3-9H,10-12,18H2,1-2H3. The van der Waals surface area contributed by atoms with Crippen molar-refractivity contribution in [1.82, 2.24) is 0 Å². The number of nitrogens with two attached hydrogens (primary N) is 1. The summed E-state index contributed by atoms with van der Waals surface area (Å²) < 4.78 is 5.86. The summed E-state index contributed by atoms with van der Waals surface area (Å²) in [6.45, 7) is 5.55. The molecule has 2 heteroatoms. The Kier molecular flexibility index (Phi) is 4.58. The van der Waals surface area contributed by atoms with E-state index >= 15 is 0 Å². The van der Waals surface area contributed by atoms with Crippen molar-refractivity contribution in [3.8, 4) is 5.75 Å². The molecule has 0 aliphatic heterocycles. The van der Waals surface area contributed by atoms with E-state index in [-0.39, 0.29) is 0 Å². The minimum absolute atomic E-state index is 0.620. The first-order valence-electron chi connectivity index (χ1n) is 6.67. The normalized spacial score (nSPS) is 10.5. The first kappa shape index (κ1) is 13.6. The van der Waals surface area contributed by atoms with Crippen LogP contribution in [-0.4, -0.2) is 6.54 Å². The van der Waals surface area contributed by atoms with Crippen LogP contribution in [0.15, 0.2) is 42.5 Å². The van der Waals surface area contributed by atoms with Crippen molar-refractivity contribution < 1.29 is 4.74 Å². The molecule has 0 radical (unpaired) electrons. The monoisotopic (exact) mass is 255 g/mol. The van der Waals surface area contributed by atoms with E-state index in [1.807, 2.05) is 12.1 Å². The van der Waals surface area contributed by atoms with E-state index in [9.17, 15) is 0 Å². The van der Waals surface area contributed by atoms with Crippen LogP contribution in [0.4, 0.5) is 0 Å². The second kappa shape index (κ2) is 6.39. The molecule has 0 amide bonds. The maximum Gasteiger partial charge on any atom is 0.119 e. The van der Waals surface area contributed by atoms with Gasteiger partial charge in [-0.1, -0.05) is 30.3 Å². The predicted octanol–water partition coefficient (Wildman–Crippen LogP) is 3.38. The van der Waals surface area contributed by atoms with Crippen LogP contribution in [0.25, 0.3) is 0 Å². The molecule has 0 aliphatic carbocycles. The zero-order valence-corrected chi connectivity index (χ0v) is 11.6. The summed E-state index contributed by atoms with van der Waals surface area (Å²) >= 11 is 0. The highest BCUT2D eigenvalue weighted by atomic mass is 16.5. The predicted molar refractivity (Wildman–Crippen MR) is 79.4 cm³/mol. The highest BCUT2D eigenvalue weighted by Crippen LogP contribution is 2.18. The fourth-order valence-corrected chi connectivity index (χ4v) is 2.15. The SMILES string of the molecule is Cc1cccc(C)c1COc1ccc(CCN)cc1. The van der Waals surface area contributed by atoms with Crippen molar-refractivity contribution >= 4 is 0 Å². The van der Waals surface area contributed by atoms with E-state index in [1.165, 1.54) is 22.3 Å². The first-order chi connectivity index (χ1) is 9.20. The van der Waals surface area contributed by atoms with Gasteiger partial charge < -0.3 is 10.5 Å². The van der Waals surface area contributed by atoms with Gasteiger partial charge in [-0.05, 0) is 61.2 Å². The van der Waals surface area contributed by atoms with Crippen LogP contribution in [-0.2, 0) is 13.0 Å². The van der Waals surface area contributed by atoms with Crippen molar-refractivity contribution in [2.45, 2.75) is 26.9 Å². The van der Waals surface area contributed by atoms with Gasteiger partial charge in [-0.3, -0.25) is 0 Å². The van der Waals surface area contributed by atoms with E-state index < -0.39 is 0 Å². The second-order valence-corrected chi connectivity index (χ2v) is 4.84. The fourth-order valence-electron chi connectivity index (χ4n) is 2.15. The molecule has 0 aromatic heterocycles. The lowest BCUT2D eigenvalue weighted by Crippen LogP contribution is -2.03. The van der Waals surface area contributed by atoms with Gasteiger partial charge in [-0.25, -0.2) is 0 Å². The van der Waals surface area contributed by atoms with Crippen molar-refractivity contribution in [3.05, 3.63) is 64.7 Å². The Bertz CT molecular complexity index is 511. The molecule has 0 saturated carbocycles. The Hall–Kier alpha value is -1.80. The molecular formula is C17H21NO. The van der Waals surface area contributed by atoms with Gasteiger partial charge in [-0.15, -0.1) is 0 Å². The van der Waals surface area contributed by atoms with Crippen LogP contribution < -0.4 is 10.5 Å². The third-order valence-electron chi connectivity index (χ3n) is 3.38. The third-order valence-corrected chi connectivity index (χ3v) is 3.38. The van der Waals surface area contributed by atoms with Crippen molar-refractivity contribution in [3.63, 3.8) is 0 Å². The van der Waals surface area contributed by atoms with Gasteiger partial charge >= 0.3 is 0 Å². The van der Waals surface area contributed by atoms with Crippen LogP contribution >= 0.6 is 0 Å². The van der Waals surface area contributed by atoms with Crippen molar-refractivity contribution in [2.24, 2.45) is 5.73 Å². The van der Waals surface area contributed by atoms with Gasteiger partial charge in [0, 0.05) is 0 Å². The highest BCUT2D eigenvalue weighted by molar-refractivity contribution is 5.34. The first-order valence-corrected chi connectivity index (χ1v) is 6.67.